The van der Waals surface area contributed by atoms with Gasteiger partial charge in [0.2, 0.25) is 23.6 Å². The van der Waals surface area contributed by atoms with Crippen molar-refractivity contribution in [3.63, 3.8) is 0 Å². The third-order valence-corrected chi connectivity index (χ3v) is 6.20. The second kappa shape index (κ2) is 6.64. The Bertz CT molecular complexity index is 906. The summed E-state index contributed by atoms with van der Waals surface area (Å²) in [5, 5.41) is 5.93. The van der Waals surface area contributed by atoms with Crippen LogP contribution in [0.5, 0.6) is 0 Å². The van der Waals surface area contributed by atoms with Gasteiger partial charge in [-0.25, -0.2) is 0 Å². The molecule has 28 heavy (non-hydrogen) atoms. The lowest BCUT2D eigenvalue weighted by Crippen LogP contribution is -2.53. The number of nitrogens with one attached hydrogen (secondary N) is 2. The van der Waals surface area contributed by atoms with E-state index in [9.17, 15) is 19.2 Å². The quantitative estimate of drug-likeness (QED) is 0.527. The largest absolute Gasteiger partial charge is 0.383 e. The van der Waals surface area contributed by atoms with E-state index in [1.165, 1.54) is 7.11 Å². The second-order valence-electron chi connectivity index (χ2n) is 7.20. The number of nitrogens with two attached hydrogens (primary N) is 1. The summed E-state index contributed by atoms with van der Waals surface area (Å²) in [6.07, 6.45) is -0.156. The number of imide groups is 1. The number of nitrogens with zero attached hydrogens (tertiary/aromatic N) is 1. The van der Waals surface area contributed by atoms with Gasteiger partial charge in [-0.2, -0.15) is 0 Å². The minimum atomic E-state index is -1.43. The van der Waals surface area contributed by atoms with Crippen molar-refractivity contribution in [3.05, 3.63) is 28.2 Å². The van der Waals surface area contributed by atoms with E-state index in [4.69, 9.17) is 10.5 Å². The number of halogens is 1. The van der Waals surface area contributed by atoms with Gasteiger partial charge in [0.1, 0.15) is 5.54 Å². The number of hydrogen-bond donors (Lipinski definition) is 3. The normalized spacial score (nSPS) is 30.7. The Balaban J connectivity index is 1.85. The molecule has 2 fully saturated rings. The van der Waals surface area contributed by atoms with Crippen molar-refractivity contribution in [2.45, 2.75) is 18.0 Å². The summed E-state index contributed by atoms with van der Waals surface area (Å²) < 4.78 is 5.73. The number of methoxy groups -OCH3 is 1. The number of fused-ring (bicyclic) bond motifs is 4. The molecule has 1 aromatic carbocycles. The molecule has 0 saturated carbocycles. The van der Waals surface area contributed by atoms with Crippen LogP contribution in [0, 0.1) is 11.8 Å². The van der Waals surface area contributed by atoms with Crippen molar-refractivity contribution >= 4 is 45.2 Å². The van der Waals surface area contributed by atoms with Gasteiger partial charge in [0.15, 0.2) is 0 Å². The molecule has 3 aliphatic heterocycles. The Morgan fingerprint density at radius 2 is 2.07 bits per heavy atom. The summed E-state index contributed by atoms with van der Waals surface area (Å²) in [5.74, 6) is -3.72. The number of amides is 4. The van der Waals surface area contributed by atoms with E-state index in [1.54, 1.807) is 18.2 Å². The molecule has 9 nitrogen and oxygen atoms in total. The minimum Gasteiger partial charge on any atom is -0.383 e. The summed E-state index contributed by atoms with van der Waals surface area (Å²) in [6, 6.07) is 4.54. The summed E-state index contributed by atoms with van der Waals surface area (Å²) in [6.45, 7) is 0.277. The zero-order valence-electron chi connectivity index (χ0n) is 15.0. The van der Waals surface area contributed by atoms with Crippen molar-refractivity contribution in [1.82, 2.24) is 10.2 Å². The molecule has 3 heterocycles. The Kier molecular flexibility index (Phi) is 4.52. The lowest BCUT2D eigenvalue weighted by atomic mass is 9.76. The molecule has 0 bridgehead atoms. The third kappa shape index (κ3) is 2.51. The lowest BCUT2D eigenvalue weighted by molar-refractivity contribution is -0.143. The van der Waals surface area contributed by atoms with E-state index in [2.05, 4.69) is 26.6 Å². The number of carbonyl (C=O) groups is 4. The van der Waals surface area contributed by atoms with Gasteiger partial charge >= 0.3 is 0 Å². The molecule has 1 spiro atoms. The third-order valence-electron chi connectivity index (χ3n) is 5.71. The summed E-state index contributed by atoms with van der Waals surface area (Å²) in [5.41, 5.74) is 5.08. The molecular weight excluding hydrogens is 432 g/mol. The summed E-state index contributed by atoms with van der Waals surface area (Å²) >= 11 is 3.40. The van der Waals surface area contributed by atoms with E-state index in [0.29, 0.717) is 11.3 Å². The fourth-order valence-corrected chi connectivity index (χ4v) is 4.99. The number of hydrogen-bond acceptors (Lipinski definition) is 6. The van der Waals surface area contributed by atoms with Crippen molar-refractivity contribution in [3.8, 4) is 0 Å². The maximum absolute atomic E-state index is 13.2. The molecule has 4 rings (SSSR count). The van der Waals surface area contributed by atoms with Gasteiger partial charge in [0.25, 0.3) is 0 Å². The van der Waals surface area contributed by atoms with Gasteiger partial charge in [0.05, 0.1) is 25.0 Å². The number of primary amides is 1. The molecule has 148 valence electrons. The second-order valence-corrected chi connectivity index (χ2v) is 8.11. The zero-order chi connectivity index (χ0) is 20.2. The van der Waals surface area contributed by atoms with Crippen LogP contribution in [0.25, 0.3) is 0 Å². The molecule has 0 aliphatic carbocycles. The van der Waals surface area contributed by atoms with Gasteiger partial charge in [-0.15, -0.1) is 0 Å². The lowest BCUT2D eigenvalue weighted by Gasteiger charge is -2.29. The van der Waals surface area contributed by atoms with Crippen LogP contribution in [0.1, 0.15) is 12.0 Å². The minimum absolute atomic E-state index is 0.0908. The van der Waals surface area contributed by atoms with Crippen LogP contribution < -0.4 is 16.4 Å². The predicted molar refractivity (Wildman–Crippen MR) is 101 cm³/mol. The summed E-state index contributed by atoms with van der Waals surface area (Å²) in [4.78, 5) is 52.1. The van der Waals surface area contributed by atoms with Crippen molar-refractivity contribution in [1.29, 1.82) is 0 Å². The first-order chi connectivity index (χ1) is 13.3. The Morgan fingerprint density at radius 1 is 1.32 bits per heavy atom. The molecule has 1 aromatic rings. The Morgan fingerprint density at radius 3 is 2.75 bits per heavy atom. The van der Waals surface area contributed by atoms with Gasteiger partial charge in [-0.3, -0.25) is 29.4 Å². The van der Waals surface area contributed by atoms with Gasteiger partial charge in [-0.05, 0) is 18.2 Å². The molecule has 2 saturated heterocycles. The number of benzene rings is 1. The van der Waals surface area contributed by atoms with Gasteiger partial charge < -0.3 is 15.8 Å². The first-order valence-corrected chi connectivity index (χ1v) is 9.62. The Hall–Kier alpha value is -2.30. The van der Waals surface area contributed by atoms with E-state index >= 15 is 0 Å². The fraction of sp³-hybridized carbons (Fsp3) is 0.444. The highest BCUT2D eigenvalue weighted by molar-refractivity contribution is 9.10. The molecular formula is C18H19BrN4O5. The monoisotopic (exact) mass is 450 g/mol. The van der Waals surface area contributed by atoms with E-state index in [-0.39, 0.29) is 19.6 Å². The maximum atomic E-state index is 13.2. The van der Waals surface area contributed by atoms with Crippen LogP contribution in [0.3, 0.4) is 0 Å². The van der Waals surface area contributed by atoms with Crippen LogP contribution >= 0.6 is 15.9 Å². The van der Waals surface area contributed by atoms with E-state index in [1.807, 2.05) is 0 Å². The number of carbonyl (C=O) groups excluding carboxylic acids is 4. The maximum Gasteiger partial charge on any atom is 0.250 e. The molecule has 3 aliphatic rings. The van der Waals surface area contributed by atoms with Crippen LogP contribution in [-0.4, -0.2) is 54.8 Å². The van der Waals surface area contributed by atoms with E-state index < -0.39 is 47.0 Å². The van der Waals surface area contributed by atoms with Crippen LogP contribution in [0.15, 0.2) is 22.7 Å². The summed E-state index contributed by atoms with van der Waals surface area (Å²) in [7, 11) is 1.48. The topological polar surface area (TPSA) is 131 Å². The average Bonchev–Trinajstić information content (AvgIpc) is 3.19. The molecule has 0 aromatic heterocycles. The Labute approximate surface area is 169 Å². The highest BCUT2D eigenvalue weighted by atomic mass is 79.9. The zero-order valence-corrected chi connectivity index (χ0v) is 16.6. The fourth-order valence-electron chi connectivity index (χ4n) is 4.63. The van der Waals surface area contributed by atoms with Crippen molar-refractivity contribution in [2.75, 3.05) is 25.6 Å². The predicted octanol–water partition coefficient (Wildman–Crippen LogP) is -0.309. The SMILES string of the molecule is COCCN1C(=O)[C@@H]2C(CC(N)=O)NC3(C(=O)Nc4ccc(Br)cc43)[C@@H]2C1=O. The van der Waals surface area contributed by atoms with Crippen molar-refractivity contribution < 1.29 is 23.9 Å². The standard InChI is InChI=1S/C18H19BrN4O5/c1-28-5-4-23-15(25)13-11(7-12(20)24)22-18(14(13)16(23)26)9-6-8(19)2-3-10(9)21-17(18)27/h2-3,6,11,13-14,22H,4-5,7H2,1H3,(H2,20,24)(H,21,27)/t11?,13-,14+,18?/m1/s1. The van der Waals surface area contributed by atoms with Crippen molar-refractivity contribution in [2.24, 2.45) is 17.6 Å². The molecule has 4 N–H and O–H groups in total. The molecule has 2 unspecified atom stereocenters. The van der Waals surface area contributed by atoms with Crippen LogP contribution in [0.4, 0.5) is 5.69 Å². The van der Waals surface area contributed by atoms with Gasteiger partial charge in [0, 0.05) is 35.3 Å². The number of likely N-dealkylation sites (tertiary alicyclic amines) is 1. The first kappa shape index (κ1) is 19.0. The first-order valence-electron chi connectivity index (χ1n) is 8.83. The molecule has 4 atom stereocenters. The number of rotatable bonds is 5. The van der Waals surface area contributed by atoms with Crippen LogP contribution in [0.2, 0.25) is 0 Å². The van der Waals surface area contributed by atoms with E-state index in [0.717, 1.165) is 9.37 Å². The molecule has 0 radical (unpaired) electrons. The average molecular weight is 451 g/mol. The highest BCUT2D eigenvalue weighted by Crippen LogP contribution is 2.53. The highest BCUT2D eigenvalue weighted by Gasteiger charge is 2.70. The van der Waals surface area contributed by atoms with Gasteiger partial charge in [-0.1, -0.05) is 15.9 Å². The number of ether oxygens (including phenoxy) is 1. The number of anilines is 1. The van der Waals surface area contributed by atoms with Crippen LogP contribution in [-0.2, 0) is 29.5 Å². The molecule has 10 heteroatoms. The smallest absolute Gasteiger partial charge is 0.250 e. The molecule has 4 amide bonds.